The minimum Gasteiger partial charge on any atom is -0.497 e. The molecule has 0 heterocycles. The zero-order valence-electron chi connectivity index (χ0n) is 13.2. The Hall–Kier alpha value is -2.62. The zero-order chi connectivity index (χ0) is 17.0. The van der Waals surface area contributed by atoms with Crippen molar-refractivity contribution in [2.24, 2.45) is 5.92 Å². The number of hydrogen-bond donors (Lipinski definition) is 1. The molecular formula is C16H19N3O4. The molecule has 0 saturated heterocycles. The number of methoxy groups -OCH3 is 1. The highest BCUT2D eigenvalue weighted by Crippen LogP contribution is 2.33. The number of hydrogen-bond acceptors (Lipinski definition) is 5. The lowest BCUT2D eigenvalue weighted by molar-refractivity contribution is -0.385. The summed E-state index contributed by atoms with van der Waals surface area (Å²) in [7, 11) is 1.42. The van der Waals surface area contributed by atoms with E-state index in [1.54, 1.807) is 0 Å². The van der Waals surface area contributed by atoms with Gasteiger partial charge in [0.1, 0.15) is 16.9 Å². The fraction of sp³-hybridized carbons (Fsp3) is 0.500. The SMILES string of the molecule is COc1ccc([N+](=O)[O-])c(C(=O)N[C@]2(C#N)CCC[C@H](C)C2)c1. The predicted molar refractivity (Wildman–Crippen MR) is 83.1 cm³/mol. The van der Waals surface area contributed by atoms with Gasteiger partial charge in [0.2, 0.25) is 0 Å². The topological polar surface area (TPSA) is 105 Å². The number of carbonyl (C=O) groups is 1. The summed E-state index contributed by atoms with van der Waals surface area (Å²) in [4.78, 5) is 23.1. The van der Waals surface area contributed by atoms with Crippen LogP contribution < -0.4 is 10.1 Å². The van der Waals surface area contributed by atoms with Gasteiger partial charge in [-0.2, -0.15) is 5.26 Å². The molecule has 122 valence electrons. The third-order valence-corrected chi connectivity index (χ3v) is 4.21. The normalized spacial score (nSPS) is 23.6. The maximum absolute atomic E-state index is 12.6. The third-order valence-electron chi connectivity index (χ3n) is 4.21. The Morgan fingerprint density at radius 1 is 1.57 bits per heavy atom. The molecule has 0 unspecified atom stereocenters. The lowest BCUT2D eigenvalue weighted by Gasteiger charge is -2.34. The number of amides is 1. The van der Waals surface area contributed by atoms with Crippen molar-refractivity contribution < 1.29 is 14.5 Å². The fourth-order valence-electron chi connectivity index (χ4n) is 3.06. The summed E-state index contributed by atoms with van der Waals surface area (Å²) in [6.07, 6.45) is 2.96. The van der Waals surface area contributed by atoms with Crippen LogP contribution in [0.2, 0.25) is 0 Å². The van der Waals surface area contributed by atoms with Crippen LogP contribution in [0.4, 0.5) is 5.69 Å². The molecular weight excluding hydrogens is 298 g/mol. The molecule has 0 aromatic heterocycles. The molecule has 23 heavy (non-hydrogen) atoms. The van der Waals surface area contributed by atoms with Gasteiger partial charge in [-0.1, -0.05) is 13.3 Å². The Labute approximate surface area is 134 Å². The first-order chi connectivity index (χ1) is 10.9. The highest BCUT2D eigenvalue weighted by molar-refractivity contribution is 5.99. The molecule has 1 amide bonds. The van der Waals surface area contributed by atoms with Gasteiger partial charge in [0, 0.05) is 6.07 Å². The fourth-order valence-corrected chi connectivity index (χ4v) is 3.06. The van der Waals surface area contributed by atoms with Crippen LogP contribution in [0, 0.1) is 27.4 Å². The first kappa shape index (κ1) is 16.7. The molecule has 1 aliphatic carbocycles. The second-order valence-electron chi connectivity index (χ2n) is 5.99. The van der Waals surface area contributed by atoms with Crippen molar-refractivity contribution in [3.63, 3.8) is 0 Å². The van der Waals surface area contributed by atoms with Gasteiger partial charge < -0.3 is 10.1 Å². The summed E-state index contributed by atoms with van der Waals surface area (Å²) in [5.74, 6) is 0.0546. The molecule has 7 nitrogen and oxygen atoms in total. The summed E-state index contributed by atoms with van der Waals surface area (Å²) >= 11 is 0. The Bertz CT molecular complexity index is 668. The Balaban J connectivity index is 2.33. The molecule has 7 heteroatoms. The Morgan fingerprint density at radius 2 is 2.30 bits per heavy atom. The Kier molecular flexibility index (Phi) is 4.84. The quantitative estimate of drug-likeness (QED) is 0.679. The first-order valence-electron chi connectivity index (χ1n) is 7.47. The Morgan fingerprint density at radius 3 is 2.87 bits per heavy atom. The summed E-state index contributed by atoms with van der Waals surface area (Å²) < 4.78 is 5.03. The third kappa shape index (κ3) is 3.59. The molecule has 2 atom stereocenters. The van der Waals surface area contributed by atoms with Crippen molar-refractivity contribution in [3.05, 3.63) is 33.9 Å². The van der Waals surface area contributed by atoms with Crippen LogP contribution in [0.25, 0.3) is 0 Å². The monoisotopic (exact) mass is 317 g/mol. The van der Waals surface area contributed by atoms with Crippen molar-refractivity contribution >= 4 is 11.6 Å². The lowest BCUT2D eigenvalue weighted by Crippen LogP contribution is -2.50. The summed E-state index contributed by atoms with van der Waals surface area (Å²) in [6, 6.07) is 6.18. The molecule has 2 rings (SSSR count). The van der Waals surface area contributed by atoms with Crippen molar-refractivity contribution in [1.29, 1.82) is 5.26 Å². The van der Waals surface area contributed by atoms with Crippen LogP contribution in [-0.2, 0) is 0 Å². The maximum atomic E-state index is 12.6. The average molecular weight is 317 g/mol. The van der Waals surface area contributed by atoms with Gasteiger partial charge in [-0.3, -0.25) is 14.9 Å². The van der Waals surface area contributed by atoms with Gasteiger partial charge in [-0.15, -0.1) is 0 Å². The second kappa shape index (κ2) is 6.65. The average Bonchev–Trinajstić information content (AvgIpc) is 2.54. The van der Waals surface area contributed by atoms with Crippen LogP contribution in [-0.4, -0.2) is 23.5 Å². The standard InChI is InChI=1S/C16H19N3O4/c1-11-4-3-7-16(9-11,10-17)18-15(20)13-8-12(23-2)5-6-14(13)19(21)22/h5-6,8,11H,3-4,7,9H2,1-2H3,(H,18,20)/t11-,16+/m0/s1. The van der Waals surface area contributed by atoms with Crippen molar-refractivity contribution in [3.8, 4) is 11.8 Å². The van der Waals surface area contributed by atoms with Gasteiger partial charge in [-0.25, -0.2) is 0 Å². The van der Waals surface area contributed by atoms with Crippen molar-refractivity contribution in [2.45, 2.75) is 38.1 Å². The number of nitriles is 1. The number of nitro groups is 1. The largest absolute Gasteiger partial charge is 0.497 e. The first-order valence-corrected chi connectivity index (χ1v) is 7.47. The van der Waals surface area contributed by atoms with Gasteiger partial charge in [-0.05, 0) is 37.3 Å². The molecule has 1 fully saturated rings. The lowest BCUT2D eigenvalue weighted by atomic mass is 9.77. The molecule has 1 N–H and O–H groups in total. The van der Waals surface area contributed by atoms with Crippen molar-refractivity contribution in [1.82, 2.24) is 5.32 Å². The number of nitrogens with one attached hydrogen (secondary N) is 1. The van der Waals surface area contributed by atoms with E-state index < -0.39 is 16.4 Å². The van der Waals surface area contributed by atoms with E-state index in [2.05, 4.69) is 11.4 Å². The number of ether oxygens (including phenoxy) is 1. The van der Waals surface area contributed by atoms with Crippen LogP contribution in [0.5, 0.6) is 5.75 Å². The number of nitro benzene ring substituents is 1. The van der Waals surface area contributed by atoms with E-state index in [0.717, 1.165) is 12.8 Å². The van der Waals surface area contributed by atoms with E-state index in [0.29, 0.717) is 24.5 Å². The van der Waals surface area contributed by atoms with Gasteiger partial charge in [0.15, 0.2) is 0 Å². The number of nitrogens with zero attached hydrogens (tertiary/aromatic N) is 2. The van der Waals surface area contributed by atoms with Crippen LogP contribution >= 0.6 is 0 Å². The van der Waals surface area contributed by atoms with E-state index in [-0.39, 0.29) is 11.3 Å². The molecule has 0 spiro atoms. The van der Waals surface area contributed by atoms with E-state index in [9.17, 15) is 20.2 Å². The van der Waals surface area contributed by atoms with E-state index >= 15 is 0 Å². The molecule has 1 aromatic rings. The van der Waals surface area contributed by atoms with Gasteiger partial charge in [0.05, 0.1) is 18.1 Å². The smallest absolute Gasteiger partial charge is 0.282 e. The molecule has 0 radical (unpaired) electrons. The van der Waals surface area contributed by atoms with E-state index in [4.69, 9.17) is 4.74 Å². The van der Waals surface area contributed by atoms with Crippen LogP contribution in [0.3, 0.4) is 0 Å². The van der Waals surface area contributed by atoms with Gasteiger partial charge >= 0.3 is 0 Å². The number of rotatable bonds is 4. The summed E-state index contributed by atoms with van der Waals surface area (Å²) in [5.41, 5.74) is -1.37. The number of benzene rings is 1. The second-order valence-corrected chi connectivity index (χ2v) is 5.99. The molecule has 0 aliphatic heterocycles. The predicted octanol–water partition coefficient (Wildman–Crippen LogP) is 2.81. The minimum absolute atomic E-state index is 0.0952. The number of carbonyl (C=O) groups excluding carboxylic acids is 1. The highest BCUT2D eigenvalue weighted by Gasteiger charge is 2.37. The molecule has 1 aliphatic rings. The molecule has 0 bridgehead atoms. The van der Waals surface area contributed by atoms with Crippen LogP contribution in [0.15, 0.2) is 18.2 Å². The van der Waals surface area contributed by atoms with E-state index in [1.165, 1.54) is 25.3 Å². The minimum atomic E-state index is -0.967. The molecule has 1 saturated carbocycles. The zero-order valence-corrected chi connectivity index (χ0v) is 13.2. The summed E-state index contributed by atoms with van der Waals surface area (Å²) in [5, 5.41) is 23.4. The maximum Gasteiger partial charge on any atom is 0.282 e. The van der Waals surface area contributed by atoms with Crippen molar-refractivity contribution in [2.75, 3.05) is 7.11 Å². The highest BCUT2D eigenvalue weighted by atomic mass is 16.6. The van der Waals surface area contributed by atoms with Gasteiger partial charge in [0.25, 0.3) is 11.6 Å². The molecule has 1 aromatic carbocycles. The van der Waals surface area contributed by atoms with E-state index in [1.807, 2.05) is 6.92 Å². The summed E-state index contributed by atoms with van der Waals surface area (Å²) in [6.45, 7) is 2.03. The van der Waals surface area contributed by atoms with Crippen LogP contribution in [0.1, 0.15) is 43.0 Å².